The van der Waals surface area contributed by atoms with E-state index in [9.17, 15) is 24.0 Å². The van der Waals surface area contributed by atoms with Crippen LogP contribution in [0.4, 0.5) is 0 Å². The number of halogens is 2. The number of rotatable bonds is 10. The van der Waals surface area contributed by atoms with Gasteiger partial charge >= 0.3 is 0 Å². The average molecular weight is 581 g/mol. The van der Waals surface area contributed by atoms with Crippen molar-refractivity contribution in [2.75, 3.05) is 6.54 Å². The van der Waals surface area contributed by atoms with Crippen LogP contribution in [0.25, 0.3) is 10.9 Å². The van der Waals surface area contributed by atoms with Crippen LogP contribution in [0, 0.1) is 11.8 Å². The molecule has 0 aliphatic carbocycles. The Balaban J connectivity index is 1.81. The number of amides is 4. The second-order valence-electron chi connectivity index (χ2n) is 11.3. The maximum Gasteiger partial charge on any atom is 0.290 e. The fourth-order valence-electron chi connectivity index (χ4n) is 4.44. The van der Waals surface area contributed by atoms with E-state index in [2.05, 4.69) is 26.3 Å². The van der Waals surface area contributed by atoms with Gasteiger partial charge < -0.3 is 26.3 Å². The Morgan fingerprint density at radius 3 is 2.33 bits per heavy atom. The predicted molar refractivity (Wildman–Crippen MR) is 150 cm³/mol. The Hall–Kier alpha value is -3.11. The lowest BCUT2D eigenvalue weighted by Gasteiger charge is -2.26. The molecule has 12 heteroatoms. The molecule has 3 atom stereocenters. The number of aromatic amines is 1. The summed E-state index contributed by atoms with van der Waals surface area (Å²) in [5, 5.41) is 12.1. The van der Waals surface area contributed by atoms with Crippen molar-refractivity contribution in [1.82, 2.24) is 26.3 Å². The van der Waals surface area contributed by atoms with Crippen LogP contribution in [0.3, 0.4) is 0 Å². The van der Waals surface area contributed by atoms with Gasteiger partial charge in [-0.15, -0.1) is 0 Å². The molecular weight excluding hydrogens is 545 g/mol. The number of carbonyl (C=O) groups excluding carboxylic acids is 5. The highest BCUT2D eigenvalue weighted by atomic mass is 35.5. The third-order valence-electron chi connectivity index (χ3n) is 6.25. The second kappa shape index (κ2) is 12.4. The Labute approximate surface area is 237 Å². The van der Waals surface area contributed by atoms with E-state index in [0.717, 1.165) is 0 Å². The number of H-pyrrole nitrogens is 1. The largest absolute Gasteiger partial charge is 0.356 e. The number of ketones is 1. The van der Waals surface area contributed by atoms with Crippen molar-refractivity contribution in [3.8, 4) is 0 Å². The zero-order valence-electron chi connectivity index (χ0n) is 22.7. The highest BCUT2D eigenvalue weighted by molar-refractivity contribution is 6.39. The van der Waals surface area contributed by atoms with E-state index in [0.29, 0.717) is 33.9 Å². The molecule has 1 saturated heterocycles. The number of benzene rings is 1. The Morgan fingerprint density at radius 2 is 1.74 bits per heavy atom. The van der Waals surface area contributed by atoms with Gasteiger partial charge in [-0.25, -0.2) is 0 Å². The highest BCUT2D eigenvalue weighted by Crippen LogP contribution is 2.28. The molecule has 2 heterocycles. The van der Waals surface area contributed by atoms with Gasteiger partial charge in [0.25, 0.3) is 11.8 Å². The summed E-state index contributed by atoms with van der Waals surface area (Å²) in [5.41, 5.74) is 0.0655. The summed E-state index contributed by atoms with van der Waals surface area (Å²) < 4.78 is 0. The minimum Gasteiger partial charge on any atom is -0.356 e. The number of carbonyl (C=O) groups is 5. The number of fused-ring (bicyclic) bond motifs is 1. The summed E-state index contributed by atoms with van der Waals surface area (Å²) in [6.07, 6.45) is 0.722. The van der Waals surface area contributed by atoms with Gasteiger partial charge in [-0.2, -0.15) is 0 Å². The van der Waals surface area contributed by atoms with Crippen molar-refractivity contribution in [2.24, 2.45) is 11.8 Å². The molecule has 212 valence electrons. The molecular formula is C27H35Cl2N5O5. The second-order valence-corrected chi connectivity index (χ2v) is 12.2. The van der Waals surface area contributed by atoms with Gasteiger partial charge in [-0.1, -0.05) is 37.0 Å². The van der Waals surface area contributed by atoms with Crippen molar-refractivity contribution in [1.29, 1.82) is 0 Å². The van der Waals surface area contributed by atoms with Gasteiger partial charge in [0, 0.05) is 33.9 Å². The molecule has 39 heavy (non-hydrogen) atoms. The lowest BCUT2D eigenvalue weighted by atomic mass is 9.94. The molecule has 1 aliphatic heterocycles. The van der Waals surface area contributed by atoms with Crippen molar-refractivity contribution >= 4 is 63.5 Å². The molecule has 0 saturated carbocycles. The molecule has 1 aromatic carbocycles. The number of Topliss-reactive ketones (excluding diaryl/α,β-unsaturated/α-hetero) is 1. The third-order valence-corrected chi connectivity index (χ3v) is 6.79. The topological polar surface area (TPSA) is 149 Å². The number of hydrogen-bond donors (Lipinski definition) is 5. The van der Waals surface area contributed by atoms with Crippen LogP contribution >= 0.6 is 23.2 Å². The fourth-order valence-corrected chi connectivity index (χ4v) is 4.99. The Bertz CT molecular complexity index is 1280. The smallest absolute Gasteiger partial charge is 0.290 e. The summed E-state index contributed by atoms with van der Waals surface area (Å²) >= 11 is 12.3. The summed E-state index contributed by atoms with van der Waals surface area (Å²) in [6, 6.07) is 2.51. The summed E-state index contributed by atoms with van der Waals surface area (Å²) in [4.78, 5) is 67.5. The fraction of sp³-hybridized carbons (Fsp3) is 0.519. The van der Waals surface area contributed by atoms with Crippen molar-refractivity contribution in [2.45, 2.75) is 71.5 Å². The van der Waals surface area contributed by atoms with Gasteiger partial charge in [0.2, 0.25) is 17.6 Å². The molecule has 1 aliphatic rings. The quantitative estimate of drug-likeness (QED) is 0.274. The lowest BCUT2D eigenvalue weighted by molar-refractivity contribution is -0.141. The van der Waals surface area contributed by atoms with Crippen LogP contribution < -0.4 is 21.3 Å². The van der Waals surface area contributed by atoms with Crippen LogP contribution in [-0.2, 0) is 19.2 Å². The van der Waals surface area contributed by atoms with Gasteiger partial charge in [0.1, 0.15) is 11.7 Å². The standard InChI is InChI=1S/C27H35Cl2N5O5/c1-13(2)8-20(33-25(38)21-12-16-17(29)10-15(28)11-18(16)31-21)24(37)32-19(9-14-6-7-30-23(14)36)22(35)26(39)34-27(3,4)5/h10-14,19-20,31H,6-9H2,1-5H3,(H,30,36)(H,32,37)(H,33,38)(H,34,39)/t14-,19-,20-/m0/s1. The maximum absolute atomic E-state index is 13.4. The van der Waals surface area contributed by atoms with Crippen LogP contribution in [0.2, 0.25) is 10.0 Å². The number of nitrogens with one attached hydrogen (secondary N) is 5. The van der Waals surface area contributed by atoms with Crippen molar-refractivity contribution in [3.05, 3.63) is 33.9 Å². The molecule has 0 radical (unpaired) electrons. The van der Waals surface area contributed by atoms with Crippen LogP contribution in [0.15, 0.2) is 18.2 Å². The van der Waals surface area contributed by atoms with E-state index in [1.54, 1.807) is 39.0 Å². The third kappa shape index (κ3) is 8.19. The summed E-state index contributed by atoms with van der Waals surface area (Å²) in [6.45, 7) is 9.43. The van der Waals surface area contributed by atoms with Crippen LogP contribution in [-0.4, -0.2) is 58.6 Å². The Morgan fingerprint density at radius 1 is 1.05 bits per heavy atom. The van der Waals surface area contributed by atoms with E-state index < -0.39 is 47.0 Å². The van der Waals surface area contributed by atoms with Gasteiger partial charge in [0.15, 0.2) is 0 Å². The predicted octanol–water partition coefficient (Wildman–Crippen LogP) is 3.11. The first-order chi connectivity index (χ1) is 18.1. The van der Waals surface area contributed by atoms with Crippen molar-refractivity contribution < 1.29 is 24.0 Å². The van der Waals surface area contributed by atoms with Crippen LogP contribution in [0.5, 0.6) is 0 Å². The molecule has 10 nitrogen and oxygen atoms in total. The molecule has 3 rings (SSSR count). The van der Waals surface area contributed by atoms with Crippen LogP contribution in [0.1, 0.15) is 64.4 Å². The lowest BCUT2D eigenvalue weighted by Crippen LogP contribution is -2.56. The summed E-state index contributed by atoms with van der Waals surface area (Å²) in [5.74, 6) is -3.64. The van der Waals surface area contributed by atoms with E-state index in [-0.39, 0.29) is 30.4 Å². The minimum atomic E-state index is -1.24. The maximum atomic E-state index is 13.4. The highest BCUT2D eigenvalue weighted by Gasteiger charge is 2.36. The summed E-state index contributed by atoms with van der Waals surface area (Å²) in [7, 11) is 0. The zero-order valence-corrected chi connectivity index (χ0v) is 24.2. The van der Waals surface area contributed by atoms with E-state index in [1.165, 1.54) is 0 Å². The molecule has 5 N–H and O–H groups in total. The molecule has 1 aromatic heterocycles. The molecule has 0 unspecified atom stereocenters. The zero-order chi connectivity index (χ0) is 29.1. The monoisotopic (exact) mass is 579 g/mol. The van der Waals surface area contributed by atoms with Gasteiger partial charge in [-0.05, 0) is 64.2 Å². The average Bonchev–Trinajstić information content (AvgIpc) is 3.42. The number of aromatic nitrogens is 1. The number of hydrogen-bond acceptors (Lipinski definition) is 5. The molecule has 0 bridgehead atoms. The first kappa shape index (κ1) is 30.4. The first-order valence-corrected chi connectivity index (χ1v) is 13.6. The first-order valence-electron chi connectivity index (χ1n) is 12.9. The van der Waals surface area contributed by atoms with Gasteiger partial charge in [0.05, 0.1) is 11.1 Å². The normalized spacial score (nSPS) is 17.0. The van der Waals surface area contributed by atoms with E-state index >= 15 is 0 Å². The Kier molecular flexibility index (Phi) is 9.66. The molecule has 0 spiro atoms. The minimum absolute atomic E-state index is 0.0102. The van der Waals surface area contributed by atoms with Crippen molar-refractivity contribution in [3.63, 3.8) is 0 Å². The SMILES string of the molecule is CC(C)C[C@H](NC(=O)c1cc2c(Cl)cc(Cl)cc2[nH]1)C(=O)N[C@@H](C[C@@H]1CCNC1=O)C(=O)C(=O)NC(C)(C)C. The van der Waals surface area contributed by atoms with E-state index in [4.69, 9.17) is 23.2 Å². The van der Waals surface area contributed by atoms with E-state index in [1.807, 2.05) is 13.8 Å². The molecule has 1 fully saturated rings. The van der Waals surface area contributed by atoms with Gasteiger partial charge in [-0.3, -0.25) is 24.0 Å². The molecule has 4 amide bonds. The molecule has 2 aromatic rings.